The molecule has 1 aromatic rings. The van der Waals surface area contributed by atoms with E-state index in [1.807, 2.05) is 6.92 Å². The fourth-order valence-corrected chi connectivity index (χ4v) is 3.95. The molecule has 1 aromatic carbocycles. The zero-order valence-electron chi connectivity index (χ0n) is 16.6. The maximum absolute atomic E-state index is 13.6. The van der Waals surface area contributed by atoms with Gasteiger partial charge >= 0.3 is 0 Å². The number of aliphatic imine (C=N–C) groups is 1. The van der Waals surface area contributed by atoms with Crippen LogP contribution >= 0.6 is 24.0 Å². The first-order chi connectivity index (χ1) is 12.8. The van der Waals surface area contributed by atoms with Gasteiger partial charge in [0.15, 0.2) is 5.96 Å². The quantitative estimate of drug-likeness (QED) is 0.323. The van der Waals surface area contributed by atoms with E-state index in [-0.39, 0.29) is 48.1 Å². The lowest BCUT2D eigenvalue weighted by Crippen LogP contribution is -2.48. The second kappa shape index (κ2) is 11.8. The van der Waals surface area contributed by atoms with Gasteiger partial charge in [-0.1, -0.05) is 6.07 Å². The lowest BCUT2D eigenvalue weighted by atomic mass is 10.1. The van der Waals surface area contributed by atoms with Gasteiger partial charge in [0.05, 0.1) is 17.5 Å². The third kappa shape index (κ3) is 7.70. The monoisotopic (exact) mass is 528 g/mol. The molecule has 7 nitrogen and oxygen atoms in total. The SMILES string of the molecule is CCOC1CCN(C(=NC)NCCS(=O)(=O)Nc2ccc(C)c(F)c2)CC1.I. The Balaban J connectivity index is 0.00000392. The zero-order chi connectivity index (χ0) is 19.9. The lowest BCUT2D eigenvalue weighted by Gasteiger charge is -2.34. The Morgan fingerprint density at radius 1 is 1.36 bits per heavy atom. The summed E-state index contributed by atoms with van der Waals surface area (Å²) in [4.78, 5) is 6.34. The van der Waals surface area contributed by atoms with Gasteiger partial charge in [-0.05, 0) is 44.4 Å². The standard InChI is InChI=1S/C18H29FN4O3S.HI/c1-4-26-16-7-10-23(11-8-16)18(20-3)21-9-12-27(24,25)22-15-6-5-14(2)17(19)13-15;/h5-6,13,16,22H,4,7-12H2,1-3H3,(H,20,21);1H. The van der Waals surface area contributed by atoms with Crippen LogP contribution in [0, 0.1) is 12.7 Å². The third-order valence-electron chi connectivity index (χ3n) is 4.45. The summed E-state index contributed by atoms with van der Waals surface area (Å²) in [6.45, 7) is 6.18. The molecule has 0 atom stereocenters. The van der Waals surface area contributed by atoms with Gasteiger partial charge in [0.1, 0.15) is 5.82 Å². The van der Waals surface area contributed by atoms with Gasteiger partial charge in [-0.25, -0.2) is 12.8 Å². The molecule has 2 N–H and O–H groups in total. The smallest absolute Gasteiger partial charge is 0.234 e. The summed E-state index contributed by atoms with van der Waals surface area (Å²) in [6.07, 6.45) is 2.13. The molecule has 1 aliphatic rings. The van der Waals surface area contributed by atoms with Gasteiger partial charge in [0.2, 0.25) is 10.0 Å². The molecular weight excluding hydrogens is 498 g/mol. The molecule has 10 heteroatoms. The summed E-state index contributed by atoms with van der Waals surface area (Å²) in [7, 11) is -1.91. The Bertz CT molecular complexity index is 753. The summed E-state index contributed by atoms with van der Waals surface area (Å²) in [5.41, 5.74) is 0.692. The number of hydrogen-bond donors (Lipinski definition) is 2. The normalized spacial score (nSPS) is 15.9. The van der Waals surface area contributed by atoms with E-state index < -0.39 is 15.8 Å². The van der Waals surface area contributed by atoms with Crippen LogP contribution < -0.4 is 10.0 Å². The van der Waals surface area contributed by atoms with E-state index in [0.29, 0.717) is 18.1 Å². The van der Waals surface area contributed by atoms with Crippen LogP contribution in [0.2, 0.25) is 0 Å². The van der Waals surface area contributed by atoms with Crippen molar-refractivity contribution in [2.24, 2.45) is 4.99 Å². The number of likely N-dealkylation sites (tertiary alicyclic amines) is 1. The van der Waals surface area contributed by atoms with Gasteiger partial charge in [-0.3, -0.25) is 9.71 Å². The number of nitrogens with zero attached hydrogens (tertiary/aromatic N) is 2. The van der Waals surface area contributed by atoms with Crippen molar-refractivity contribution in [3.05, 3.63) is 29.6 Å². The minimum absolute atomic E-state index is 0. The fraction of sp³-hybridized carbons (Fsp3) is 0.611. The Morgan fingerprint density at radius 3 is 2.61 bits per heavy atom. The molecule has 0 saturated carbocycles. The van der Waals surface area contributed by atoms with Gasteiger partial charge in [0.25, 0.3) is 0 Å². The molecule has 28 heavy (non-hydrogen) atoms. The summed E-state index contributed by atoms with van der Waals surface area (Å²) >= 11 is 0. The number of sulfonamides is 1. The number of nitrogens with one attached hydrogen (secondary N) is 2. The molecule has 0 spiro atoms. The first-order valence-electron chi connectivity index (χ1n) is 9.18. The highest BCUT2D eigenvalue weighted by molar-refractivity contribution is 14.0. The van der Waals surface area contributed by atoms with E-state index >= 15 is 0 Å². The fourth-order valence-electron chi connectivity index (χ4n) is 2.99. The first-order valence-corrected chi connectivity index (χ1v) is 10.8. The molecule has 0 bridgehead atoms. The third-order valence-corrected chi connectivity index (χ3v) is 5.74. The molecule has 0 aliphatic carbocycles. The second-order valence-corrected chi connectivity index (χ2v) is 8.34. The van der Waals surface area contributed by atoms with Gasteiger partial charge < -0.3 is 15.0 Å². The number of halogens is 2. The second-order valence-electron chi connectivity index (χ2n) is 6.50. The maximum atomic E-state index is 13.6. The first kappa shape index (κ1) is 24.9. The number of piperidine rings is 1. The number of aryl methyl sites for hydroxylation is 1. The van der Waals surface area contributed by atoms with Crippen molar-refractivity contribution in [1.82, 2.24) is 10.2 Å². The number of anilines is 1. The van der Waals surface area contributed by atoms with Crippen LogP contribution in [-0.4, -0.2) is 64.4 Å². The van der Waals surface area contributed by atoms with Crippen LogP contribution in [0.15, 0.2) is 23.2 Å². The van der Waals surface area contributed by atoms with E-state index in [1.165, 1.54) is 6.07 Å². The van der Waals surface area contributed by atoms with E-state index in [0.717, 1.165) is 25.9 Å². The highest BCUT2D eigenvalue weighted by Crippen LogP contribution is 2.15. The number of hydrogen-bond acceptors (Lipinski definition) is 4. The average Bonchev–Trinajstić information content (AvgIpc) is 2.63. The molecule has 0 amide bonds. The van der Waals surface area contributed by atoms with Crippen molar-refractivity contribution in [2.75, 3.05) is 43.8 Å². The Kier molecular flexibility index (Phi) is 10.5. The summed E-state index contributed by atoms with van der Waals surface area (Å²) in [6, 6.07) is 4.27. The van der Waals surface area contributed by atoms with E-state index in [9.17, 15) is 12.8 Å². The molecule has 1 fully saturated rings. The molecule has 2 rings (SSSR count). The maximum Gasteiger partial charge on any atom is 0.234 e. The lowest BCUT2D eigenvalue weighted by molar-refractivity contribution is 0.0264. The summed E-state index contributed by atoms with van der Waals surface area (Å²) in [5, 5.41) is 3.09. The van der Waals surface area contributed by atoms with E-state index in [1.54, 1.807) is 26.1 Å². The van der Waals surface area contributed by atoms with Crippen molar-refractivity contribution >= 4 is 45.6 Å². The zero-order valence-corrected chi connectivity index (χ0v) is 19.7. The largest absolute Gasteiger partial charge is 0.378 e. The molecular formula is C18H30FIN4O3S. The number of guanidine groups is 1. The van der Waals surface area contributed by atoms with E-state index in [2.05, 4.69) is 19.9 Å². The van der Waals surface area contributed by atoms with E-state index in [4.69, 9.17) is 4.74 Å². The van der Waals surface area contributed by atoms with Crippen molar-refractivity contribution < 1.29 is 17.5 Å². The molecule has 0 aromatic heterocycles. The topological polar surface area (TPSA) is 83.0 Å². The predicted molar refractivity (Wildman–Crippen MR) is 122 cm³/mol. The minimum Gasteiger partial charge on any atom is -0.378 e. The Labute approximate surface area is 184 Å². The van der Waals surface area contributed by atoms with Crippen molar-refractivity contribution in [3.8, 4) is 0 Å². The van der Waals surface area contributed by atoms with Crippen LogP contribution in [0.4, 0.5) is 10.1 Å². The van der Waals surface area contributed by atoms with Crippen LogP contribution in [-0.2, 0) is 14.8 Å². The van der Waals surface area contributed by atoms with Gasteiger partial charge in [-0.15, -0.1) is 24.0 Å². The highest BCUT2D eigenvalue weighted by Gasteiger charge is 2.22. The van der Waals surface area contributed by atoms with Crippen LogP contribution in [0.5, 0.6) is 0 Å². The van der Waals surface area contributed by atoms with Crippen molar-refractivity contribution in [1.29, 1.82) is 0 Å². The van der Waals surface area contributed by atoms with Gasteiger partial charge in [-0.2, -0.15) is 0 Å². The molecule has 0 unspecified atom stereocenters. The number of benzene rings is 1. The Hall–Kier alpha value is -1.14. The minimum atomic E-state index is -3.59. The van der Waals surface area contributed by atoms with Crippen LogP contribution in [0.25, 0.3) is 0 Å². The molecule has 1 saturated heterocycles. The van der Waals surface area contributed by atoms with Crippen LogP contribution in [0.3, 0.4) is 0 Å². The molecule has 1 heterocycles. The molecule has 160 valence electrons. The van der Waals surface area contributed by atoms with Crippen molar-refractivity contribution in [2.45, 2.75) is 32.8 Å². The Morgan fingerprint density at radius 2 is 2.04 bits per heavy atom. The predicted octanol–water partition coefficient (Wildman–Crippen LogP) is 2.57. The summed E-state index contributed by atoms with van der Waals surface area (Å²) < 4.78 is 46.0. The number of rotatable bonds is 7. The molecule has 0 radical (unpaired) electrons. The summed E-state index contributed by atoms with van der Waals surface area (Å²) in [5.74, 6) is 0.0995. The van der Waals surface area contributed by atoms with Crippen molar-refractivity contribution in [3.63, 3.8) is 0 Å². The van der Waals surface area contributed by atoms with Gasteiger partial charge in [0, 0.05) is 33.3 Å². The average molecular weight is 528 g/mol. The number of ether oxygens (including phenoxy) is 1. The van der Waals surface area contributed by atoms with Crippen LogP contribution in [0.1, 0.15) is 25.3 Å². The molecule has 1 aliphatic heterocycles. The highest BCUT2D eigenvalue weighted by atomic mass is 127.